The van der Waals surface area contributed by atoms with Crippen molar-refractivity contribution in [2.45, 2.75) is 13.3 Å². The maximum atomic E-state index is 9.08. The van der Waals surface area contributed by atoms with Gasteiger partial charge in [0, 0.05) is 17.1 Å². The fraction of sp³-hybridized carbons (Fsp3) is 0.200. The number of nitrogens with two attached hydrogens (primary N) is 1. The van der Waals surface area contributed by atoms with Crippen LogP contribution in [0.1, 0.15) is 5.56 Å². The predicted molar refractivity (Wildman–Crippen MR) is 52.0 cm³/mol. The van der Waals surface area contributed by atoms with Gasteiger partial charge in [0.2, 0.25) is 0 Å². The van der Waals surface area contributed by atoms with Crippen LogP contribution in [0.4, 0.5) is 0 Å². The Bertz CT molecular complexity index is 420. The molecular weight excluding hydrogens is 164 g/mol. The van der Waals surface area contributed by atoms with E-state index in [0.717, 1.165) is 16.5 Å². The van der Waals surface area contributed by atoms with Crippen molar-refractivity contribution in [1.29, 1.82) is 0 Å². The average Bonchev–Trinajstić information content (AvgIpc) is 2.60. The molecule has 2 rings (SSSR count). The summed E-state index contributed by atoms with van der Waals surface area (Å²) in [6.07, 6.45) is 1.93. The maximum absolute atomic E-state index is 9.08. The van der Waals surface area contributed by atoms with Gasteiger partial charge in [-0.25, -0.2) is 0 Å². The number of rotatable bonds is 2. The van der Waals surface area contributed by atoms with Gasteiger partial charge in [-0.2, -0.15) is 0 Å². The smallest absolute Gasteiger partial charge is 0.0700 e. The van der Waals surface area contributed by atoms with Crippen molar-refractivity contribution >= 4 is 10.9 Å². The van der Waals surface area contributed by atoms with Crippen LogP contribution in [0.15, 0.2) is 30.5 Å². The molecule has 0 spiro atoms. The van der Waals surface area contributed by atoms with Crippen LogP contribution in [-0.4, -0.2) is 9.67 Å². The summed E-state index contributed by atoms with van der Waals surface area (Å²) >= 11 is 0. The molecule has 0 amide bonds. The number of hydrogen-bond acceptors (Lipinski definition) is 2. The van der Waals surface area contributed by atoms with Gasteiger partial charge in [0.25, 0.3) is 0 Å². The van der Waals surface area contributed by atoms with Crippen LogP contribution in [0.3, 0.4) is 0 Å². The van der Waals surface area contributed by atoms with Gasteiger partial charge in [0.15, 0.2) is 0 Å². The van der Waals surface area contributed by atoms with Crippen LogP contribution in [-0.2, 0) is 13.3 Å². The standard InChI is InChI=1S/C10H12N2O/c11-7-12-5-4-9-8(6-13)2-1-3-10(9)12/h1-5,13H,6-7,11H2. The Morgan fingerprint density at radius 3 is 2.85 bits per heavy atom. The number of nitrogens with zero attached hydrogens (tertiary/aromatic N) is 1. The zero-order valence-corrected chi connectivity index (χ0v) is 7.27. The van der Waals surface area contributed by atoms with E-state index in [9.17, 15) is 0 Å². The Labute approximate surface area is 76.4 Å². The quantitative estimate of drug-likeness (QED) is 0.718. The fourth-order valence-corrected chi connectivity index (χ4v) is 1.58. The fourth-order valence-electron chi connectivity index (χ4n) is 1.58. The first-order chi connectivity index (χ1) is 6.36. The zero-order chi connectivity index (χ0) is 9.26. The van der Waals surface area contributed by atoms with Crippen LogP contribution in [0.25, 0.3) is 10.9 Å². The van der Waals surface area contributed by atoms with E-state index in [-0.39, 0.29) is 6.61 Å². The molecule has 0 aliphatic carbocycles. The highest BCUT2D eigenvalue weighted by Crippen LogP contribution is 2.19. The van der Waals surface area contributed by atoms with Crippen LogP contribution < -0.4 is 5.73 Å². The number of aromatic nitrogens is 1. The molecule has 0 aliphatic rings. The molecule has 0 saturated carbocycles. The summed E-state index contributed by atoms with van der Waals surface area (Å²) in [5, 5.41) is 10.2. The monoisotopic (exact) mass is 176 g/mol. The molecule has 1 aromatic heterocycles. The van der Waals surface area contributed by atoms with E-state index in [4.69, 9.17) is 10.8 Å². The SMILES string of the molecule is NCn1ccc2c(CO)cccc21. The molecule has 3 N–H and O–H groups in total. The van der Waals surface area contributed by atoms with Gasteiger partial charge >= 0.3 is 0 Å². The van der Waals surface area contributed by atoms with Crippen LogP contribution in [0.5, 0.6) is 0 Å². The number of aliphatic hydroxyl groups is 1. The Morgan fingerprint density at radius 1 is 1.31 bits per heavy atom. The molecule has 3 heteroatoms. The molecule has 0 saturated heterocycles. The summed E-state index contributed by atoms with van der Waals surface area (Å²) in [5.74, 6) is 0. The normalized spacial score (nSPS) is 10.9. The Morgan fingerprint density at radius 2 is 2.15 bits per heavy atom. The van der Waals surface area contributed by atoms with E-state index < -0.39 is 0 Å². The number of fused-ring (bicyclic) bond motifs is 1. The summed E-state index contributed by atoms with van der Waals surface area (Å²) in [7, 11) is 0. The van der Waals surface area contributed by atoms with Crippen molar-refractivity contribution in [3.8, 4) is 0 Å². The second kappa shape index (κ2) is 3.20. The first kappa shape index (κ1) is 8.29. The van der Waals surface area contributed by atoms with Gasteiger partial charge in [0.05, 0.1) is 13.3 Å². The lowest BCUT2D eigenvalue weighted by atomic mass is 10.1. The molecule has 0 aliphatic heterocycles. The van der Waals surface area contributed by atoms with Crippen molar-refractivity contribution in [1.82, 2.24) is 4.57 Å². The molecule has 1 heterocycles. The van der Waals surface area contributed by atoms with Gasteiger partial charge in [-0.3, -0.25) is 0 Å². The van der Waals surface area contributed by atoms with Crippen molar-refractivity contribution in [3.05, 3.63) is 36.0 Å². The average molecular weight is 176 g/mol. The number of benzene rings is 1. The number of aliphatic hydroxyl groups excluding tert-OH is 1. The highest BCUT2D eigenvalue weighted by molar-refractivity contribution is 5.83. The van der Waals surface area contributed by atoms with Crippen molar-refractivity contribution in [2.24, 2.45) is 5.73 Å². The topological polar surface area (TPSA) is 51.2 Å². The van der Waals surface area contributed by atoms with Gasteiger partial charge < -0.3 is 15.4 Å². The zero-order valence-electron chi connectivity index (χ0n) is 7.27. The van der Waals surface area contributed by atoms with Crippen LogP contribution in [0, 0.1) is 0 Å². The van der Waals surface area contributed by atoms with Crippen LogP contribution >= 0.6 is 0 Å². The first-order valence-electron chi connectivity index (χ1n) is 4.24. The summed E-state index contributed by atoms with van der Waals surface area (Å²) in [6, 6.07) is 7.83. The predicted octanol–water partition coefficient (Wildman–Crippen LogP) is 1.05. The third-order valence-electron chi connectivity index (χ3n) is 2.27. The third-order valence-corrected chi connectivity index (χ3v) is 2.27. The molecule has 2 aromatic rings. The Kier molecular flexibility index (Phi) is 2.04. The summed E-state index contributed by atoms with van der Waals surface area (Å²) in [5.41, 5.74) is 7.58. The minimum atomic E-state index is 0.0753. The van der Waals surface area contributed by atoms with E-state index in [1.165, 1.54) is 0 Å². The minimum absolute atomic E-state index is 0.0753. The molecule has 0 unspecified atom stereocenters. The minimum Gasteiger partial charge on any atom is -0.392 e. The van der Waals surface area contributed by atoms with E-state index in [1.807, 2.05) is 35.0 Å². The number of hydrogen-bond donors (Lipinski definition) is 2. The van der Waals surface area contributed by atoms with Crippen molar-refractivity contribution in [3.63, 3.8) is 0 Å². The molecule has 0 radical (unpaired) electrons. The van der Waals surface area contributed by atoms with Gasteiger partial charge in [0.1, 0.15) is 0 Å². The van der Waals surface area contributed by atoms with Crippen LogP contribution in [0.2, 0.25) is 0 Å². The molecule has 0 atom stereocenters. The first-order valence-corrected chi connectivity index (χ1v) is 4.24. The Balaban J connectivity index is 2.72. The summed E-state index contributed by atoms with van der Waals surface area (Å²) < 4.78 is 1.95. The molecule has 3 nitrogen and oxygen atoms in total. The van der Waals surface area contributed by atoms with Crippen molar-refractivity contribution in [2.75, 3.05) is 0 Å². The third kappa shape index (κ3) is 1.22. The van der Waals surface area contributed by atoms with E-state index in [1.54, 1.807) is 0 Å². The molecular formula is C10H12N2O. The second-order valence-electron chi connectivity index (χ2n) is 2.98. The Hall–Kier alpha value is -1.32. The highest BCUT2D eigenvalue weighted by Gasteiger charge is 2.02. The van der Waals surface area contributed by atoms with Gasteiger partial charge in [-0.05, 0) is 17.7 Å². The van der Waals surface area contributed by atoms with E-state index in [0.29, 0.717) is 6.67 Å². The lowest BCUT2D eigenvalue weighted by molar-refractivity contribution is 0.283. The maximum Gasteiger partial charge on any atom is 0.0700 e. The summed E-state index contributed by atoms with van der Waals surface area (Å²) in [4.78, 5) is 0. The summed E-state index contributed by atoms with van der Waals surface area (Å²) in [6.45, 7) is 0.546. The molecule has 0 fully saturated rings. The molecule has 13 heavy (non-hydrogen) atoms. The molecule has 0 bridgehead atoms. The van der Waals surface area contributed by atoms with Crippen molar-refractivity contribution < 1.29 is 5.11 Å². The molecule has 1 aromatic carbocycles. The second-order valence-corrected chi connectivity index (χ2v) is 2.98. The van der Waals surface area contributed by atoms with Gasteiger partial charge in [-0.1, -0.05) is 12.1 Å². The van der Waals surface area contributed by atoms with E-state index in [2.05, 4.69) is 0 Å². The largest absolute Gasteiger partial charge is 0.392 e. The molecule has 68 valence electrons. The lowest BCUT2D eigenvalue weighted by Gasteiger charge is -2.02. The van der Waals surface area contributed by atoms with E-state index >= 15 is 0 Å². The lowest BCUT2D eigenvalue weighted by Crippen LogP contribution is -2.04. The van der Waals surface area contributed by atoms with Gasteiger partial charge in [-0.15, -0.1) is 0 Å². The highest BCUT2D eigenvalue weighted by atomic mass is 16.3.